The van der Waals surface area contributed by atoms with E-state index in [1.165, 1.54) is 0 Å². The van der Waals surface area contributed by atoms with Gasteiger partial charge in [0.1, 0.15) is 5.78 Å². The lowest BCUT2D eigenvalue weighted by Gasteiger charge is -2.24. The van der Waals surface area contributed by atoms with Gasteiger partial charge in [0.25, 0.3) is 0 Å². The van der Waals surface area contributed by atoms with E-state index >= 15 is 0 Å². The minimum absolute atomic E-state index is 0.239. The van der Waals surface area contributed by atoms with Gasteiger partial charge in [-0.15, -0.1) is 0 Å². The minimum Gasteiger partial charge on any atom is -0.314 e. The van der Waals surface area contributed by atoms with E-state index in [-0.39, 0.29) is 13.2 Å². The summed E-state index contributed by atoms with van der Waals surface area (Å²) in [4.78, 5) is 0. The molecule has 0 unspecified atom stereocenters. The number of hydrogen-bond donors (Lipinski definition) is 1. The summed E-state index contributed by atoms with van der Waals surface area (Å²) in [6.45, 7) is 3.92. The number of nitrogens with two attached hydrogens (primary N) is 1. The number of halogens is 2. The van der Waals surface area contributed by atoms with E-state index in [1.54, 1.807) is 32.0 Å². The van der Waals surface area contributed by atoms with Gasteiger partial charge in [0, 0.05) is 15.6 Å². The first-order valence-electron chi connectivity index (χ1n) is 5.54. The molecule has 0 heterocycles. The second-order valence-electron chi connectivity index (χ2n) is 3.49. The van der Waals surface area contributed by atoms with E-state index < -0.39 is 13.4 Å². The predicted octanol–water partition coefficient (Wildman–Crippen LogP) is 4.22. The summed E-state index contributed by atoms with van der Waals surface area (Å²) in [7, 11) is -3.44. The summed E-state index contributed by atoms with van der Waals surface area (Å²) in [6.07, 6.45) is 0. The highest BCUT2D eigenvalue weighted by molar-refractivity contribution is 7.54. The van der Waals surface area contributed by atoms with Gasteiger partial charge in [0.15, 0.2) is 0 Å². The van der Waals surface area contributed by atoms with Crippen LogP contribution in [0, 0.1) is 0 Å². The SMILES string of the molecule is CCOP(=O)(OCC)[C@@H](N)c1cc(Cl)ccc1Cl. The average molecular weight is 312 g/mol. The minimum atomic E-state index is -3.44. The van der Waals surface area contributed by atoms with Crippen LogP contribution in [0.2, 0.25) is 10.0 Å². The lowest BCUT2D eigenvalue weighted by atomic mass is 10.2. The van der Waals surface area contributed by atoms with Crippen LogP contribution in [0.3, 0.4) is 0 Å². The number of benzene rings is 1. The molecule has 0 bridgehead atoms. The van der Waals surface area contributed by atoms with Crippen molar-refractivity contribution in [1.82, 2.24) is 0 Å². The molecule has 0 saturated carbocycles. The summed E-state index contributed by atoms with van der Waals surface area (Å²) in [6, 6.07) is 4.80. The largest absolute Gasteiger partial charge is 0.351 e. The Bertz CT molecular complexity index is 446. The second kappa shape index (κ2) is 6.90. The smallest absolute Gasteiger partial charge is 0.314 e. The fourth-order valence-electron chi connectivity index (χ4n) is 1.47. The van der Waals surface area contributed by atoms with Gasteiger partial charge in [-0.2, -0.15) is 0 Å². The van der Waals surface area contributed by atoms with Crippen molar-refractivity contribution in [3.05, 3.63) is 33.8 Å². The molecule has 102 valence electrons. The van der Waals surface area contributed by atoms with Crippen LogP contribution in [0.1, 0.15) is 25.2 Å². The van der Waals surface area contributed by atoms with Crippen molar-refractivity contribution in [3.8, 4) is 0 Å². The summed E-state index contributed by atoms with van der Waals surface area (Å²) in [5.41, 5.74) is 6.41. The standard InChI is InChI=1S/C11H16Cl2NO3P/c1-3-16-18(15,17-4-2)11(14)9-7-8(12)5-6-10(9)13/h5-7,11H,3-4,14H2,1-2H3/t11-/m1/s1. The quantitative estimate of drug-likeness (QED) is 0.799. The molecule has 0 saturated heterocycles. The number of rotatable bonds is 6. The Morgan fingerprint density at radius 1 is 1.28 bits per heavy atom. The zero-order valence-corrected chi connectivity index (χ0v) is 12.6. The Balaban J connectivity index is 3.13. The average Bonchev–Trinajstić information content (AvgIpc) is 2.32. The van der Waals surface area contributed by atoms with Crippen molar-refractivity contribution >= 4 is 30.8 Å². The first-order valence-corrected chi connectivity index (χ1v) is 7.90. The van der Waals surface area contributed by atoms with Gasteiger partial charge in [-0.1, -0.05) is 23.2 Å². The molecule has 0 aliphatic rings. The van der Waals surface area contributed by atoms with Crippen molar-refractivity contribution in [1.29, 1.82) is 0 Å². The Morgan fingerprint density at radius 3 is 2.33 bits per heavy atom. The van der Waals surface area contributed by atoms with Crippen LogP contribution in [0.15, 0.2) is 18.2 Å². The van der Waals surface area contributed by atoms with E-state index in [9.17, 15) is 4.57 Å². The van der Waals surface area contributed by atoms with E-state index in [0.717, 1.165) is 0 Å². The molecule has 1 rings (SSSR count). The molecule has 1 aromatic rings. The lowest BCUT2D eigenvalue weighted by molar-refractivity contribution is 0.212. The third kappa shape index (κ3) is 3.70. The molecule has 0 aliphatic carbocycles. The third-order valence-corrected chi connectivity index (χ3v) is 5.01. The summed E-state index contributed by atoms with van der Waals surface area (Å²) < 4.78 is 22.9. The van der Waals surface area contributed by atoms with Gasteiger partial charge >= 0.3 is 7.60 Å². The summed E-state index contributed by atoms with van der Waals surface area (Å²) in [5.74, 6) is -0.955. The Labute approximate surface area is 117 Å². The predicted molar refractivity (Wildman–Crippen MR) is 74.2 cm³/mol. The molecule has 7 heteroatoms. The highest BCUT2D eigenvalue weighted by Gasteiger charge is 2.35. The van der Waals surface area contributed by atoms with Crippen LogP contribution in [0.25, 0.3) is 0 Å². The first-order chi connectivity index (χ1) is 8.44. The Kier molecular flexibility index (Phi) is 6.12. The molecule has 0 radical (unpaired) electrons. The molecule has 1 atom stereocenters. The fourth-order valence-corrected chi connectivity index (χ4v) is 3.63. The molecule has 0 fully saturated rings. The molecular formula is C11H16Cl2NO3P. The zero-order valence-electron chi connectivity index (χ0n) is 10.2. The molecule has 1 aromatic carbocycles. The fraction of sp³-hybridized carbons (Fsp3) is 0.455. The second-order valence-corrected chi connectivity index (χ2v) is 6.48. The van der Waals surface area contributed by atoms with E-state index in [0.29, 0.717) is 15.6 Å². The molecule has 0 aromatic heterocycles. The summed E-state index contributed by atoms with van der Waals surface area (Å²) >= 11 is 11.9. The van der Waals surface area contributed by atoms with Crippen molar-refractivity contribution in [2.45, 2.75) is 19.6 Å². The lowest BCUT2D eigenvalue weighted by Crippen LogP contribution is -2.15. The van der Waals surface area contributed by atoms with Gasteiger partial charge in [0.05, 0.1) is 13.2 Å². The molecular weight excluding hydrogens is 296 g/mol. The van der Waals surface area contributed by atoms with Gasteiger partial charge in [-0.3, -0.25) is 4.57 Å². The highest BCUT2D eigenvalue weighted by Crippen LogP contribution is 2.59. The molecule has 4 nitrogen and oxygen atoms in total. The zero-order chi connectivity index (χ0) is 13.8. The van der Waals surface area contributed by atoms with E-state index in [2.05, 4.69) is 0 Å². The summed E-state index contributed by atoms with van der Waals surface area (Å²) in [5, 5.41) is 0.843. The topological polar surface area (TPSA) is 61.5 Å². The highest BCUT2D eigenvalue weighted by atomic mass is 35.5. The van der Waals surface area contributed by atoms with Crippen molar-refractivity contribution in [2.24, 2.45) is 5.73 Å². The van der Waals surface area contributed by atoms with Gasteiger partial charge in [0.2, 0.25) is 0 Å². The van der Waals surface area contributed by atoms with Gasteiger partial charge in [-0.05, 0) is 32.0 Å². The maximum Gasteiger partial charge on any atom is 0.351 e. The molecule has 0 spiro atoms. The molecule has 18 heavy (non-hydrogen) atoms. The van der Waals surface area contributed by atoms with Crippen LogP contribution in [0.4, 0.5) is 0 Å². The van der Waals surface area contributed by atoms with Crippen molar-refractivity contribution < 1.29 is 13.6 Å². The molecule has 2 N–H and O–H groups in total. The van der Waals surface area contributed by atoms with Crippen LogP contribution < -0.4 is 5.73 Å². The van der Waals surface area contributed by atoms with E-state index in [4.69, 9.17) is 38.0 Å². The third-order valence-electron chi connectivity index (χ3n) is 2.24. The number of hydrogen-bond acceptors (Lipinski definition) is 4. The first kappa shape index (κ1) is 16.0. The maximum atomic E-state index is 12.5. The molecule has 0 amide bonds. The van der Waals surface area contributed by atoms with Gasteiger partial charge < -0.3 is 14.8 Å². The Morgan fingerprint density at radius 2 is 1.83 bits per heavy atom. The van der Waals surface area contributed by atoms with Crippen LogP contribution in [-0.4, -0.2) is 13.2 Å². The maximum absolute atomic E-state index is 12.5. The molecule has 0 aliphatic heterocycles. The Hall–Kier alpha value is -0.0900. The van der Waals surface area contributed by atoms with Crippen LogP contribution in [0.5, 0.6) is 0 Å². The van der Waals surface area contributed by atoms with Gasteiger partial charge in [-0.25, -0.2) is 0 Å². The van der Waals surface area contributed by atoms with E-state index in [1.807, 2.05) is 0 Å². The normalized spacial score (nSPS) is 13.6. The van der Waals surface area contributed by atoms with Crippen LogP contribution in [-0.2, 0) is 13.6 Å². The van der Waals surface area contributed by atoms with Crippen molar-refractivity contribution in [3.63, 3.8) is 0 Å². The van der Waals surface area contributed by atoms with Crippen LogP contribution >= 0.6 is 30.8 Å². The van der Waals surface area contributed by atoms with Crippen molar-refractivity contribution in [2.75, 3.05) is 13.2 Å². The monoisotopic (exact) mass is 311 g/mol.